The first kappa shape index (κ1) is 86.3. The van der Waals surface area contributed by atoms with Crippen LogP contribution in [0.25, 0.3) is 277 Å². The number of rotatable bonds is 13. The summed E-state index contributed by atoms with van der Waals surface area (Å²) in [6.07, 6.45) is 0. The Bertz CT molecular complexity index is 10800. The number of nitrogens with zero attached hydrogens (tertiary/aromatic N) is 12. The van der Waals surface area contributed by atoms with Crippen LogP contribution in [0, 0.1) is 0 Å². The summed E-state index contributed by atoms with van der Waals surface area (Å²) in [5.41, 5.74) is 34.4. The van der Waals surface area contributed by atoms with Crippen LogP contribution in [0.4, 0.5) is 0 Å². The van der Waals surface area contributed by atoms with Crippen LogP contribution in [-0.2, 0) is 0 Å². The molecule has 9 heterocycles. The summed E-state index contributed by atoms with van der Waals surface area (Å²) in [5.74, 6) is 2.99. The summed E-state index contributed by atoms with van der Waals surface area (Å²) in [7, 11) is 0. The molecule has 0 aliphatic heterocycles. The molecule has 0 unspecified atom stereocenters. The van der Waals surface area contributed by atoms with E-state index in [0.29, 0.717) is 5.95 Å². The van der Waals surface area contributed by atoms with Gasteiger partial charge < -0.3 is 18.3 Å². The van der Waals surface area contributed by atoms with Crippen molar-refractivity contribution in [2.75, 3.05) is 0 Å². The van der Waals surface area contributed by atoms with Crippen molar-refractivity contribution in [1.29, 1.82) is 0 Å². The monoisotopic (exact) mass is 1910 g/mol. The van der Waals surface area contributed by atoms with Gasteiger partial charge in [-0.25, -0.2) is 29.9 Å². The third-order valence-corrected chi connectivity index (χ3v) is 29.8. The molecule has 0 N–H and O–H groups in total. The molecule has 9 aromatic heterocycles. The first-order valence-corrected chi connectivity index (χ1v) is 50.9. The van der Waals surface area contributed by atoms with Crippen LogP contribution >= 0.6 is 0 Å². The quantitative estimate of drug-likeness (QED) is 0.114. The zero-order valence-electron chi connectivity index (χ0n) is 81.2. The van der Waals surface area contributed by atoms with Gasteiger partial charge >= 0.3 is 0 Å². The van der Waals surface area contributed by atoms with Gasteiger partial charge in [-0.1, -0.05) is 352 Å². The molecule has 0 bridgehead atoms. The molecular formula is C138H88N12. The normalized spacial score (nSPS) is 11.7. The van der Waals surface area contributed by atoms with Gasteiger partial charge in [0.25, 0.3) is 0 Å². The highest BCUT2D eigenvalue weighted by atomic mass is 15.2. The fourth-order valence-corrected chi connectivity index (χ4v) is 22.9. The molecule has 31 aromatic rings. The highest BCUT2D eigenvalue weighted by Gasteiger charge is 2.26. The molecule has 12 heteroatoms. The summed E-state index contributed by atoms with van der Waals surface area (Å²) >= 11 is 0. The largest absolute Gasteiger partial charge is 0.309 e. The van der Waals surface area contributed by atoms with Crippen molar-refractivity contribution >= 4 is 164 Å². The Hall–Kier alpha value is -20.3. The van der Waals surface area contributed by atoms with Crippen molar-refractivity contribution < 1.29 is 0 Å². The maximum atomic E-state index is 5.23. The average Bonchev–Trinajstić information content (AvgIpc) is 1.57. The van der Waals surface area contributed by atoms with Gasteiger partial charge in [-0.15, -0.1) is 0 Å². The van der Waals surface area contributed by atoms with E-state index in [1.54, 1.807) is 0 Å². The van der Waals surface area contributed by atoms with Gasteiger partial charge in [0.2, 0.25) is 5.95 Å². The lowest BCUT2D eigenvalue weighted by atomic mass is 10.0. The fraction of sp³-hybridized carbons (Fsp3) is 0. The third-order valence-electron chi connectivity index (χ3n) is 29.8. The molecule has 12 nitrogen and oxygen atoms in total. The first-order chi connectivity index (χ1) is 74.4. The highest BCUT2D eigenvalue weighted by molar-refractivity contribution is 6.18. The topological polar surface area (TPSA) is 107 Å². The summed E-state index contributed by atoms with van der Waals surface area (Å²) in [4.78, 5) is 30.8. The molecule has 0 aliphatic carbocycles. The molecule has 0 saturated heterocycles. The van der Waals surface area contributed by atoms with E-state index in [0.717, 1.165) is 128 Å². The van der Waals surface area contributed by atoms with E-state index in [4.69, 9.17) is 29.9 Å². The van der Waals surface area contributed by atoms with Crippen molar-refractivity contribution in [1.82, 2.24) is 57.3 Å². The van der Waals surface area contributed by atoms with E-state index in [2.05, 4.69) is 501 Å². The molecule has 0 radical (unpaired) electrons. The van der Waals surface area contributed by atoms with Crippen LogP contribution in [0.2, 0.25) is 0 Å². The van der Waals surface area contributed by atoms with E-state index in [9.17, 15) is 0 Å². The molecule has 22 aromatic carbocycles. The van der Waals surface area contributed by atoms with Crippen LogP contribution < -0.4 is 0 Å². The molecule has 150 heavy (non-hydrogen) atoms. The standard InChI is InChI=1S/C50H32N4.2C44H28N4/c1-4-14-33(15-5-1)49-43-32-38(26-27-44(43)51-50(52-49)34-16-6-2-7-17-34)54-46-23-13-11-21-40(46)42-31-36(25-29-48(42)54)35-24-28-47-41(30-35)39-20-10-12-22-45(39)53(47)37-18-8-3-9-19-37;1-3-13-29(14-4-1)43-45-38-20-10-7-19-35(38)44(46-43)48-40-22-12-9-18-34(40)37-28-31(24-26-42(37)48)30-23-25-41-36(27-30)33-17-8-11-21-39(33)47(41)32-15-5-2-6-16-32;1-3-13-29(14-4-1)43-35-19-7-10-20-38(35)45-44(46-43)48-40-22-12-9-18-34(40)37-28-31(24-26-42(37)48)30-23-25-41-36(27-30)33-17-8-11-21-39(33)47(41)32-15-5-2-6-16-32/h1-32H;2*1-28H. The van der Waals surface area contributed by atoms with Gasteiger partial charge in [0.05, 0.1) is 94.1 Å². The van der Waals surface area contributed by atoms with E-state index in [-0.39, 0.29) is 0 Å². The van der Waals surface area contributed by atoms with Crippen LogP contribution in [0.5, 0.6) is 0 Å². The summed E-state index contributed by atoms with van der Waals surface area (Å²) in [6.45, 7) is 0. The van der Waals surface area contributed by atoms with Crippen LogP contribution in [0.15, 0.2) is 534 Å². The Labute approximate surface area is 861 Å². The number of benzene rings is 22. The molecule has 31 rings (SSSR count). The lowest BCUT2D eigenvalue weighted by Crippen LogP contribution is -2.03. The SMILES string of the molecule is c1ccc(-c2nc(-c3ccccc3)c3cc(-n4c5ccccc5c5cc(-c6ccc7c(c6)c6ccccc6n7-c6ccccc6)ccc54)ccc3n2)cc1.c1ccc(-c2nc(-n3c4ccccc4c4cc(-c5ccc6c(c5)c5ccccc5n6-c5ccccc5)ccc43)c3ccccc3n2)cc1.c1ccc(-c2nc(-n3c4ccccc4c4cc(-c5ccc6c(c5)c5ccccc5n6-c5ccccc5)ccc43)nc3ccccc23)cc1. The van der Waals surface area contributed by atoms with E-state index in [1.807, 2.05) is 60.7 Å². The second kappa shape index (κ2) is 35.9. The maximum absolute atomic E-state index is 5.23. The minimum Gasteiger partial charge on any atom is -0.309 e. The van der Waals surface area contributed by atoms with E-state index in [1.165, 1.54) is 142 Å². The average molecular weight is 1910 g/mol. The maximum Gasteiger partial charge on any atom is 0.235 e. The predicted molar refractivity (Wildman–Crippen MR) is 623 cm³/mol. The van der Waals surface area contributed by atoms with Gasteiger partial charge in [0.1, 0.15) is 5.82 Å². The van der Waals surface area contributed by atoms with Crippen molar-refractivity contribution in [2.45, 2.75) is 0 Å². The number of hydrogen-bond donors (Lipinski definition) is 0. The second-order valence-electron chi connectivity index (χ2n) is 38.4. The predicted octanol–water partition coefficient (Wildman–Crippen LogP) is 35.1. The molecule has 0 aliphatic rings. The Morgan fingerprint density at radius 3 is 0.727 bits per heavy atom. The number of para-hydroxylation sites is 11. The van der Waals surface area contributed by atoms with Crippen LogP contribution in [0.1, 0.15) is 0 Å². The summed E-state index contributed by atoms with van der Waals surface area (Å²) in [5, 5.41) is 17.7. The number of hydrogen-bond acceptors (Lipinski definition) is 6. The number of aromatic nitrogens is 12. The van der Waals surface area contributed by atoms with Crippen molar-refractivity contribution in [2.24, 2.45) is 0 Å². The van der Waals surface area contributed by atoms with Crippen molar-refractivity contribution in [3.8, 4) is 113 Å². The Kier molecular flexibility index (Phi) is 20.7. The lowest BCUT2D eigenvalue weighted by molar-refractivity contribution is 1.01. The Morgan fingerprint density at radius 1 is 0.120 bits per heavy atom. The lowest BCUT2D eigenvalue weighted by Gasteiger charge is -2.13. The zero-order valence-corrected chi connectivity index (χ0v) is 81.2. The zero-order chi connectivity index (χ0) is 98.8. The summed E-state index contributed by atoms with van der Waals surface area (Å²) in [6, 6.07) is 189. The highest BCUT2D eigenvalue weighted by Crippen LogP contribution is 2.46. The molecule has 0 atom stereocenters. The smallest absolute Gasteiger partial charge is 0.235 e. The van der Waals surface area contributed by atoms with Crippen LogP contribution in [0.3, 0.4) is 0 Å². The van der Waals surface area contributed by atoms with Gasteiger partial charge in [0, 0.05) is 126 Å². The fourth-order valence-electron chi connectivity index (χ4n) is 22.9. The van der Waals surface area contributed by atoms with Gasteiger partial charge in [-0.3, -0.25) is 9.13 Å². The Balaban J connectivity index is 0.000000106. The third kappa shape index (κ3) is 14.6. The minimum atomic E-state index is 0.668. The second-order valence-corrected chi connectivity index (χ2v) is 38.4. The first-order valence-electron chi connectivity index (χ1n) is 50.9. The molecule has 0 fully saturated rings. The van der Waals surface area contributed by atoms with Gasteiger partial charge in [-0.2, -0.15) is 0 Å². The summed E-state index contributed by atoms with van der Waals surface area (Å²) < 4.78 is 14.0. The van der Waals surface area contributed by atoms with E-state index >= 15 is 0 Å². The molecule has 0 spiro atoms. The van der Waals surface area contributed by atoms with Crippen LogP contribution in [-0.4, -0.2) is 57.3 Å². The molecule has 0 amide bonds. The minimum absolute atomic E-state index is 0.668. The van der Waals surface area contributed by atoms with Gasteiger partial charge in [-0.05, 0) is 215 Å². The van der Waals surface area contributed by atoms with E-state index < -0.39 is 0 Å². The number of fused-ring (bicyclic) bond motifs is 21. The molecule has 700 valence electrons. The molecule has 0 saturated carbocycles. The van der Waals surface area contributed by atoms with Crippen molar-refractivity contribution in [3.63, 3.8) is 0 Å². The molecular weight excluding hydrogens is 1830 g/mol. The van der Waals surface area contributed by atoms with Gasteiger partial charge in [0.15, 0.2) is 11.6 Å². The Morgan fingerprint density at radius 2 is 0.367 bits per heavy atom. The van der Waals surface area contributed by atoms with Crippen molar-refractivity contribution in [3.05, 3.63) is 534 Å².